The van der Waals surface area contributed by atoms with Gasteiger partial charge in [-0.05, 0) is 30.7 Å². The first-order valence-corrected chi connectivity index (χ1v) is 6.45. The number of benzene rings is 1. The van der Waals surface area contributed by atoms with E-state index >= 15 is 0 Å². The van der Waals surface area contributed by atoms with E-state index < -0.39 is 10.0 Å². The molecule has 17 heavy (non-hydrogen) atoms. The second-order valence-electron chi connectivity index (χ2n) is 3.64. The molecule has 0 amide bonds. The Morgan fingerprint density at radius 3 is 2.59 bits per heavy atom. The molecule has 0 aromatic heterocycles. The van der Waals surface area contributed by atoms with Gasteiger partial charge in [-0.2, -0.15) is 9.57 Å². The Kier molecular flexibility index (Phi) is 4.23. The first kappa shape index (κ1) is 13.6. The third-order valence-electron chi connectivity index (χ3n) is 2.41. The van der Waals surface area contributed by atoms with Gasteiger partial charge in [0.25, 0.3) is 0 Å². The Balaban J connectivity index is 3.21. The summed E-state index contributed by atoms with van der Waals surface area (Å²) in [5.74, 6) is 0. The fraction of sp³-hybridized carbons (Fsp3) is 0.364. The van der Waals surface area contributed by atoms with Gasteiger partial charge in [-0.25, -0.2) is 8.42 Å². The van der Waals surface area contributed by atoms with Crippen LogP contribution in [0.4, 0.5) is 0 Å². The molecule has 0 heterocycles. The SMILES string of the molecule is Cc1cc(C#N)ccc1S(=O)(=O)N(C)CCO. The second-order valence-corrected chi connectivity index (χ2v) is 5.66. The Morgan fingerprint density at radius 1 is 1.47 bits per heavy atom. The van der Waals surface area contributed by atoms with E-state index in [9.17, 15) is 8.42 Å². The van der Waals surface area contributed by atoms with Crippen LogP contribution in [0.5, 0.6) is 0 Å². The van der Waals surface area contributed by atoms with Crippen LogP contribution in [0.15, 0.2) is 23.1 Å². The van der Waals surface area contributed by atoms with Gasteiger partial charge < -0.3 is 5.11 Å². The highest BCUT2D eigenvalue weighted by Crippen LogP contribution is 2.19. The van der Waals surface area contributed by atoms with Crippen molar-refractivity contribution in [1.82, 2.24) is 4.31 Å². The second kappa shape index (κ2) is 5.27. The van der Waals surface area contributed by atoms with Crippen LogP contribution in [-0.2, 0) is 10.0 Å². The maximum Gasteiger partial charge on any atom is 0.243 e. The highest BCUT2D eigenvalue weighted by molar-refractivity contribution is 7.89. The molecule has 1 N–H and O–H groups in total. The van der Waals surface area contributed by atoms with Crippen LogP contribution in [0.25, 0.3) is 0 Å². The number of aliphatic hydroxyl groups is 1. The zero-order valence-electron chi connectivity index (χ0n) is 9.71. The van der Waals surface area contributed by atoms with Gasteiger partial charge in [0, 0.05) is 13.6 Å². The number of hydrogen-bond donors (Lipinski definition) is 1. The predicted octanol–water partition coefficient (Wildman–Crippen LogP) is 0.480. The average molecular weight is 254 g/mol. The van der Waals surface area contributed by atoms with Crippen LogP contribution in [0.3, 0.4) is 0 Å². The lowest BCUT2D eigenvalue weighted by atomic mass is 10.2. The van der Waals surface area contributed by atoms with Crippen molar-refractivity contribution in [3.05, 3.63) is 29.3 Å². The summed E-state index contributed by atoms with van der Waals surface area (Å²) in [6, 6.07) is 6.36. The molecule has 1 aromatic rings. The largest absolute Gasteiger partial charge is 0.395 e. The first-order chi connectivity index (χ1) is 7.93. The number of aryl methyl sites for hydroxylation is 1. The number of rotatable bonds is 4. The van der Waals surface area contributed by atoms with Crippen molar-refractivity contribution in [3.63, 3.8) is 0 Å². The molecule has 0 atom stereocenters. The molecule has 1 rings (SSSR count). The Hall–Kier alpha value is -1.42. The Labute approximate surface area is 101 Å². The molecule has 0 aliphatic rings. The molecule has 92 valence electrons. The normalized spacial score (nSPS) is 11.5. The third-order valence-corrected chi connectivity index (χ3v) is 4.42. The minimum Gasteiger partial charge on any atom is -0.395 e. The van der Waals surface area contributed by atoms with E-state index in [-0.39, 0.29) is 18.0 Å². The van der Waals surface area contributed by atoms with Gasteiger partial charge in [0.05, 0.1) is 23.1 Å². The van der Waals surface area contributed by atoms with E-state index in [4.69, 9.17) is 10.4 Å². The van der Waals surface area contributed by atoms with Crippen molar-refractivity contribution in [2.24, 2.45) is 0 Å². The molecule has 0 aliphatic heterocycles. The minimum atomic E-state index is -3.59. The average Bonchev–Trinajstić information content (AvgIpc) is 2.28. The maximum atomic E-state index is 12.1. The van der Waals surface area contributed by atoms with Crippen molar-refractivity contribution in [2.75, 3.05) is 20.2 Å². The summed E-state index contributed by atoms with van der Waals surface area (Å²) in [5.41, 5.74) is 0.945. The zero-order valence-corrected chi connectivity index (χ0v) is 10.5. The van der Waals surface area contributed by atoms with Gasteiger partial charge >= 0.3 is 0 Å². The quantitative estimate of drug-likeness (QED) is 0.847. The van der Waals surface area contributed by atoms with Crippen molar-refractivity contribution in [3.8, 4) is 6.07 Å². The predicted molar refractivity (Wildman–Crippen MR) is 62.8 cm³/mol. The summed E-state index contributed by atoms with van der Waals surface area (Å²) < 4.78 is 25.2. The van der Waals surface area contributed by atoms with Gasteiger partial charge in [0.15, 0.2) is 0 Å². The summed E-state index contributed by atoms with van der Waals surface area (Å²) in [5, 5.41) is 17.5. The van der Waals surface area contributed by atoms with E-state index in [1.165, 1.54) is 25.2 Å². The molecule has 0 aliphatic carbocycles. The molecule has 0 saturated carbocycles. The van der Waals surface area contributed by atoms with Gasteiger partial charge in [-0.1, -0.05) is 0 Å². The van der Waals surface area contributed by atoms with Gasteiger partial charge in [-0.3, -0.25) is 0 Å². The fourth-order valence-corrected chi connectivity index (χ4v) is 2.80. The monoisotopic (exact) mass is 254 g/mol. The lowest BCUT2D eigenvalue weighted by molar-refractivity contribution is 0.266. The molecule has 0 saturated heterocycles. The molecule has 5 nitrogen and oxygen atoms in total. The van der Waals surface area contributed by atoms with Gasteiger partial charge in [0.1, 0.15) is 0 Å². The standard InChI is InChI=1S/C11H14N2O3S/c1-9-7-10(8-12)3-4-11(9)17(15,16)13(2)5-6-14/h3-4,7,14H,5-6H2,1-2H3. The highest BCUT2D eigenvalue weighted by Gasteiger charge is 2.22. The highest BCUT2D eigenvalue weighted by atomic mass is 32.2. The fourth-order valence-electron chi connectivity index (χ4n) is 1.44. The lowest BCUT2D eigenvalue weighted by Crippen LogP contribution is -2.30. The molecule has 1 aromatic carbocycles. The molecule has 0 bridgehead atoms. The van der Waals surface area contributed by atoms with Crippen molar-refractivity contribution in [2.45, 2.75) is 11.8 Å². The number of aliphatic hydroxyl groups excluding tert-OH is 1. The number of sulfonamides is 1. The van der Waals surface area contributed by atoms with Crippen LogP contribution in [0, 0.1) is 18.3 Å². The van der Waals surface area contributed by atoms with E-state index in [1.807, 2.05) is 6.07 Å². The van der Waals surface area contributed by atoms with Crippen LogP contribution < -0.4 is 0 Å². The summed E-state index contributed by atoms with van der Waals surface area (Å²) in [6.07, 6.45) is 0. The van der Waals surface area contributed by atoms with E-state index in [0.29, 0.717) is 11.1 Å². The summed E-state index contributed by atoms with van der Waals surface area (Å²) in [6.45, 7) is 1.45. The first-order valence-electron chi connectivity index (χ1n) is 5.01. The summed E-state index contributed by atoms with van der Waals surface area (Å²) in [7, 11) is -2.19. The Bertz CT molecular complexity index is 546. The molecular formula is C11H14N2O3S. The lowest BCUT2D eigenvalue weighted by Gasteiger charge is -2.17. The van der Waals surface area contributed by atoms with Crippen LogP contribution in [0.1, 0.15) is 11.1 Å². The van der Waals surface area contributed by atoms with Crippen molar-refractivity contribution >= 4 is 10.0 Å². The number of nitriles is 1. The number of likely N-dealkylation sites (N-methyl/N-ethyl adjacent to an activating group) is 1. The molecule has 0 fully saturated rings. The van der Waals surface area contributed by atoms with Crippen LogP contribution in [-0.4, -0.2) is 38.0 Å². The number of hydrogen-bond acceptors (Lipinski definition) is 4. The van der Waals surface area contributed by atoms with Crippen molar-refractivity contribution < 1.29 is 13.5 Å². The van der Waals surface area contributed by atoms with Gasteiger partial charge in [-0.15, -0.1) is 0 Å². The smallest absolute Gasteiger partial charge is 0.243 e. The number of nitrogens with zero attached hydrogens (tertiary/aromatic N) is 2. The van der Waals surface area contributed by atoms with E-state index in [1.54, 1.807) is 6.92 Å². The maximum absolute atomic E-state index is 12.1. The van der Waals surface area contributed by atoms with E-state index in [2.05, 4.69) is 0 Å². The molecule has 6 heteroatoms. The summed E-state index contributed by atoms with van der Waals surface area (Å²) >= 11 is 0. The minimum absolute atomic E-state index is 0.0434. The molecule has 0 spiro atoms. The molecular weight excluding hydrogens is 240 g/mol. The Morgan fingerprint density at radius 2 is 2.12 bits per heavy atom. The third kappa shape index (κ3) is 2.82. The van der Waals surface area contributed by atoms with Crippen molar-refractivity contribution in [1.29, 1.82) is 5.26 Å². The van der Waals surface area contributed by atoms with Crippen LogP contribution >= 0.6 is 0 Å². The van der Waals surface area contributed by atoms with Crippen LogP contribution in [0.2, 0.25) is 0 Å². The molecule has 0 unspecified atom stereocenters. The van der Waals surface area contributed by atoms with E-state index in [0.717, 1.165) is 4.31 Å². The van der Waals surface area contributed by atoms with Gasteiger partial charge in [0.2, 0.25) is 10.0 Å². The molecule has 0 radical (unpaired) electrons. The summed E-state index contributed by atoms with van der Waals surface area (Å²) in [4.78, 5) is 0.160. The zero-order chi connectivity index (χ0) is 13.1. The topological polar surface area (TPSA) is 81.4 Å².